The van der Waals surface area contributed by atoms with E-state index >= 15 is 0 Å². The fraction of sp³-hybridized carbons (Fsp3) is 0.136. The molecule has 4 rings (SSSR count). The van der Waals surface area contributed by atoms with E-state index in [2.05, 4.69) is 32.0 Å². The van der Waals surface area contributed by atoms with E-state index in [1.165, 1.54) is 39.6 Å². The molecular formula is C22H18FOZr-. The number of hydrogen-bond donors (Lipinski definition) is 0. The maximum Gasteiger partial charge on any atom is 0.123 e. The fourth-order valence-corrected chi connectivity index (χ4v) is 3.32. The van der Waals surface area contributed by atoms with E-state index in [1.54, 1.807) is 0 Å². The summed E-state index contributed by atoms with van der Waals surface area (Å²) in [6.45, 7) is 6.19. The van der Waals surface area contributed by atoms with Crippen LogP contribution in [0.2, 0.25) is 0 Å². The van der Waals surface area contributed by atoms with Crippen molar-refractivity contribution < 1.29 is 35.0 Å². The molecule has 0 aliphatic carbocycles. The molecule has 0 fully saturated rings. The topological polar surface area (TPSA) is 13.1 Å². The van der Waals surface area contributed by atoms with E-state index in [9.17, 15) is 4.39 Å². The van der Waals surface area contributed by atoms with Crippen LogP contribution in [0.3, 0.4) is 0 Å². The Labute approximate surface area is 166 Å². The van der Waals surface area contributed by atoms with Gasteiger partial charge in [0.25, 0.3) is 0 Å². The summed E-state index contributed by atoms with van der Waals surface area (Å²) in [7, 11) is 0. The Morgan fingerprint density at radius 1 is 0.920 bits per heavy atom. The molecule has 0 unspecified atom stereocenters. The maximum absolute atomic E-state index is 13.3. The first-order chi connectivity index (χ1) is 11.5. The van der Waals surface area contributed by atoms with Gasteiger partial charge in [0.1, 0.15) is 5.82 Å². The Bertz CT molecular complexity index is 1040. The van der Waals surface area contributed by atoms with Gasteiger partial charge in [-0.05, 0) is 56.2 Å². The van der Waals surface area contributed by atoms with Crippen molar-refractivity contribution in [2.24, 2.45) is 0 Å². The molecule has 0 atom stereocenters. The van der Waals surface area contributed by atoms with Gasteiger partial charge in [-0.1, -0.05) is 28.8 Å². The first-order valence-corrected chi connectivity index (χ1v) is 8.06. The van der Waals surface area contributed by atoms with Gasteiger partial charge in [-0.3, -0.25) is 0 Å². The summed E-state index contributed by atoms with van der Waals surface area (Å²) in [4.78, 5) is 0. The van der Waals surface area contributed by atoms with Gasteiger partial charge in [-0.2, -0.15) is 0 Å². The van der Waals surface area contributed by atoms with Crippen LogP contribution >= 0.6 is 0 Å². The summed E-state index contributed by atoms with van der Waals surface area (Å²) >= 11 is 0. The summed E-state index contributed by atoms with van der Waals surface area (Å²) in [5.74, 6) is 1.57. The van der Waals surface area contributed by atoms with Gasteiger partial charge in [-0.25, -0.2) is 4.39 Å². The van der Waals surface area contributed by atoms with Crippen molar-refractivity contribution in [1.82, 2.24) is 0 Å². The molecular weight excluding hydrogens is 390 g/mol. The number of halogens is 1. The van der Waals surface area contributed by atoms with Gasteiger partial charge in [0.15, 0.2) is 0 Å². The second kappa shape index (κ2) is 6.80. The smallest absolute Gasteiger partial charge is 0.123 e. The van der Waals surface area contributed by atoms with Crippen LogP contribution in [0.5, 0.6) is 0 Å². The van der Waals surface area contributed by atoms with Crippen molar-refractivity contribution in [3.63, 3.8) is 0 Å². The van der Waals surface area contributed by atoms with Crippen LogP contribution in [0.15, 0.2) is 59.0 Å². The Balaban J connectivity index is 0.00000182. The molecule has 0 amide bonds. The van der Waals surface area contributed by atoms with Crippen molar-refractivity contribution in [1.29, 1.82) is 0 Å². The molecule has 0 radical (unpaired) electrons. The molecule has 0 bridgehead atoms. The van der Waals surface area contributed by atoms with Gasteiger partial charge in [0.05, 0.1) is 11.5 Å². The molecule has 0 N–H and O–H groups in total. The monoisotopic (exact) mass is 407 g/mol. The van der Waals surface area contributed by atoms with Gasteiger partial charge in [0.2, 0.25) is 0 Å². The van der Waals surface area contributed by atoms with Crippen LogP contribution in [-0.4, -0.2) is 0 Å². The first kappa shape index (κ1) is 17.9. The summed E-state index contributed by atoms with van der Waals surface area (Å²) in [6.07, 6.45) is 0. The number of furan rings is 1. The minimum atomic E-state index is -0.213. The fourth-order valence-electron chi connectivity index (χ4n) is 3.32. The Morgan fingerprint density at radius 2 is 1.64 bits per heavy atom. The Kier molecular flexibility index (Phi) is 4.89. The van der Waals surface area contributed by atoms with Gasteiger partial charge in [0, 0.05) is 26.2 Å². The van der Waals surface area contributed by atoms with Crippen molar-refractivity contribution in [3.05, 3.63) is 77.3 Å². The molecule has 1 heterocycles. The normalized spacial score (nSPS) is 10.9. The van der Waals surface area contributed by atoms with Crippen molar-refractivity contribution in [2.75, 3.05) is 0 Å². The predicted molar refractivity (Wildman–Crippen MR) is 96.8 cm³/mol. The van der Waals surface area contributed by atoms with Crippen LogP contribution < -0.4 is 0 Å². The third-order valence-corrected chi connectivity index (χ3v) is 4.69. The quantitative estimate of drug-likeness (QED) is 0.343. The van der Waals surface area contributed by atoms with Crippen LogP contribution in [0.4, 0.5) is 4.39 Å². The minimum Gasteiger partial charge on any atom is -0.496 e. The average molecular weight is 409 g/mol. The number of benzene rings is 2. The molecule has 0 spiro atoms. The number of rotatable bonds is 2. The zero-order valence-electron chi connectivity index (χ0n) is 14.5. The first-order valence-electron chi connectivity index (χ1n) is 8.06. The largest absolute Gasteiger partial charge is 0.496 e. The molecule has 0 saturated heterocycles. The molecule has 4 aromatic rings. The maximum atomic E-state index is 13.3. The zero-order chi connectivity index (χ0) is 16.8. The predicted octanol–water partition coefficient (Wildman–Crippen LogP) is 6.55. The zero-order valence-corrected chi connectivity index (χ0v) is 16.9. The molecule has 3 aromatic carbocycles. The standard InChI is InChI=1S/C22H18FO.Zr/c1-13-10-17-11-18(21-9-4-14(2)24-21)12-20(17)22(15(13)3)16-5-7-19(23)8-6-16;/h4-12H,1-3H3;/q-1;. The summed E-state index contributed by atoms with van der Waals surface area (Å²) < 4.78 is 19.1. The second-order valence-electron chi connectivity index (χ2n) is 6.36. The van der Waals surface area contributed by atoms with E-state index in [-0.39, 0.29) is 32.0 Å². The summed E-state index contributed by atoms with van der Waals surface area (Å²) in [5.41, 5.74) is 5.73. The summed E-state index contributed by atoms with van der Waals surface area (Å²) in [5, 5.41) is 2.36. The third-order valence-electron chi connectivity index (χ3n) is 4.69. The number of aryl methyl sites for hydroxylation is 2. The van der Waals surface area contributed by atoms with Crippen molar-refractivity contribution in [2.45, 2.75) is 20.8 Å². The SMILES string of the molecule is Cc1ccc(-c2cc3c(-c4ccc(F)cc4)c(C)c(C)cc3[cH-]2)o1.[Zr]. The molecule has 1 aromatic heterocycles. The van der Waals surface area contributed by atoms with Crippen LogP contribution in [0.1, 0.15) is 16.9 Å². The van der Waals surface area contributed by atoms with Crippen molar-refractivity contribution in [3.8, 4) is 22.5 Å². The summed E-state index contributed by atoms with van der Waals surface area (Å²) in [6, 6.07) is 17.2. The van der Waals surface area contributed by atoms with Gasteiger partial charge >= 0.3 is 0 Å². The Morgan fingerprint density at radius 3 is 2.28 bits per heavy atom. The molecule has 0 saturated carbocycles. The molecule has 25 heavy (non-hydrogen) atoms. The van der Waals surface area contributed by atoms with E-state index in [0.717, 1.165) is 22.6 Å². The van der Waals surface area contributed by atoms with Crippen molar-refractivity contribution >= 4 is 10.8 Å². The van der Waals surface area contributed by atoms with Crippen LogP contribution in [-0.2, 0) is 26.2 Å². The van der Waals surface area contributed by atoms with E-state index in [1.807, 2.05) is 31.2 Å². The molecule has 0 aliphatic rings. The third kappa shape index (κ3) is 3.18. The number of hydrogen-bond acceptors (Lipinski definition) is 1. The minimum absolute atomic E-state index is 0. The molecule has 1 nitrogen and oxygen atoms in total. The molecule has 3 heteroatoms. The number of fused-ring (bicyclic) bond motifs is 1. The van der Waals surface area contributed by atoms with Gasteiger partial charge in [-0.15, -0.1) is 29.0 Å². The average Bonchev–Trinajstić information content (AvgIpc) is 3.16. The van der Waals surface area contributed by atoms with E-state index < -0.39 is 0 Å². The van der Waals surface area contributed by atoms with E-state index in [4.69, 9.17) is 4.42 Å². The molecule has 0 aliphatic heterocycles. The van der Waals surface area contributed by atoms with Crippen LogP contribution in [0.25, 0.3) is 33.2 Å². The van der Waals surface area contributed by atoms with Gasteiger partial charge < -0.3 is 4.42 Å². The second-order valence-corrected chi connectivity index (χ2v) is 6.36. The van der Waals surface area contributed by atoms with E-state index in [0.29, 0.717) is 0 Å². The van der Waals surface area contributed by atoms with Crippen LogP contribution in [0, 0.1) is 26.6 Å². The molecule has 124 valence electrons. The Hall–Kier alpha value is -1.86.